The van der Waals surface area contributed by atoms with Crippen LogP contribution in [0.1, 0.15) is 35.3 Å². The lowest BCUT2D eigenvalue weighted by molar-refractivity contribution is -0.140. The molecule has 0 saturated carbocycles. The molecule has 1 aromatic carbocycles. The summed E-state index contributed by atoms with van der Waals surface area (Å²) >= 11 is 0. The van der Waals surface area contributed by atoms with Crippen LogP contribution in [0, 0.1) is 13.8 Å². The summed E-state index contributed by atoms with van der Waals surface area (Å²) in [4.78, 5) is 33.6. The van der Waals surface area contributed by atoms with Crippen LogP contribution in [0.5, 0.6) is 5.75 Å². The van der Waals surface area contributed by atoms with E-state index in [-0.39, 0.29) is 25.0 Å². The molecule has 0 heterocycles. The minimum absolute atomic E-state index is 0.130. The fourth-order valence-electron chi connectivity index (χ4n) is 1.85. The number of nitrogens with one attached hydrogen (secondary N) is 1. The molecule has 0 spiro atoms. The van der Waals surface area contributed by atoms with Crippen LogP contribution in [0.4, 0.5) is 0 Å². The predicted octanol–water partition coefficient (Wildman–Crippen LogP) is 1.52. The second-order valence-electron chi connectivity index (χ2n) is 4.63. The number of carbonyl (C=O) groups is 3. The molecule has 0 bridgehead atoms. The molecule has 0 aromatic heterocycles. The molecule has 0 aliphatic rings. The van der Waals surface area contributed by atoms with Crippen LogP contribution in [0.15, 0.2) is 12.1 Å². The molecule has 1 amide bonds. The molecule has 0 atom stereocenters. The molecule has 0 aliphatic heterocycles. The van der Waals surface area contributed by atoms with Crippen molar-refractivity contribution in [2.45, 2.75) is 27.7 Å². The lowest BCUT2D eigenvalue weighted by atomic mass is 10.1. The van der Waals surface area contributed by atoms with Gasteiger partial charge in [0.2, 0.25) is 0 Å². The van der Waals surface area contributed by atoms with E-state index in [0.717, 1.165) is 0 Å². The molecule has 1 N–H and O–H groups in total. The van der Waals surface area contributed by atoms with Gasteiger partial charge in [-0.05, 0) is 37.1 Å². The number of carbonyl (C=O) groups excluding carboxylic acids is 3. The quantitative estimate of drug-likeness (QED) is 0.505. The van der Waals surface area contributed by atoms with Crippen molar-refractivity contribution in [1.82, 2.24) is 5.32 Å². The monoisotopic (exact) mass is 293 g/mol. The van der Waals surface area contributed by atoms with Gasteiger partial charge in [0.05, 0.1) is 6.54 Å². The normalized spacial score (nSPS) is 9.90. The van der Waals surface area contributed by atoms with E-state index < -0.39 is 5.97 Å². The van der Waals surface area contributed by atoms with Crippen LogP contribution in [-0.2, 0) is 14.3 Å². The first-order chi connectivity index (χ1) is 9.81. The van der Waals surface area contributed by atoms with Crippen molar-refractivity contribution in [3.05, 3.63) is 28.8 Å². The molecule has 0 unspecified atom stereocenters. The molecule has 6 nitrogen and oxygen atoms in total. The maximum atomic E-state index is 12.0. The first-order valence-corrected chi connectivity index (χ1v) is 6.52. The van der Waals surface area contributed by atoms with Crippen molar-refractivity contribution >= 4 is 17.8 Å². The SMILES string of the molecule is CC(=O)OCCNC(=O)c1cc(C)c(OC(C)=O)c(C)c1. The molecule has 0 saturated heterocycles. The lowest BCUT2D eigenvalue weighted by Crippen LogP contribution is -2.28. The molecule has 1 aromatic rings. The third kappa shape index (κ3) is 5.25. The molecular formula is C15H19NO5. The van der Waals surface area contributed by atoms with E-state index in [0.29, 0.717) is 22.4 Å². The minimum Gasteiger partial charge on any atom is -0.464 e. The zero-order valence-corrected chi connectivity index (χ0v) is 12.6. The second-order valence-corrected chi connectivity index (χ2v) is 4.63. The Bertz CT molecular complexity index is 542. The number of hydrogen-bond donors (Lipinski definition) is 1. The highest BCUT2D eigenvalue weighted by Gasteiger charge is 2.12. The van der Waals surface area contributed by atoms with Crippen molar-refractivity contribution in [3.63, 3.8) is 0 Å². The van der Waals surface area contributed by atoms with Crippen LogP contribution in [0.25, 0.3) is 0 Å². The third-order valence-electron chi connectivity index (χ3n) is 2.66. The first kappa shape index (κ1) is 16.7. The van der Waals surface area contributed by atoms with Crippen molar-refractivity contribution < 1.29 is 23.9 Å². The van der Waals surface area contributed by atoms with Crippen LogP contribution in [0.2, 0.25) is 0 Å². The average Bonchev–Trinajstić information content (AvgIpc) is 2.38. The van der Waals surface area contributed by atoms with Crippen molar-refractivity contribution in [2.24, 2.45) is 0 Å². The molecule has 1 rings (SSSR count). The largest absolute Gasteiger partial charge is 0.464 e. The van der Waals surface area contributed by atoms with Gasteiger partial charge in [0.25, 0.3) is 5.91 Å². The number of amides is 1. The summed E-state index contributed by atoms with van der Waals surface area (Å²) in [6.07, 6.45) is 0. The standard InChI is InChI=1S/C15H19NO5/c1-9-7-13(8-10(2)14(9)21-12(4)18)15(19)16-5-6-20-11(3)17/h7-8H,5-6H2,1-4H3,(H,16,19). The number of aryl methyl sites for hydroxylation is 2. The Labute approximate surface area is 123 Å². The van der Waals surface area contributed by atoms with Crippen molar-refractivity contribution in [1.29, 1.82) is 0 Å². The van der Waals surface area contributed by atoms with Gasteiger partial charge in [0.15, 0.2) is 0 Å². The molecule has 21 heavy (non-hydrogen) atoms. The van der Waals surface area contributed by atoms with E-state index in [1.807, 2.05) is 0 Å². The van der Waals surface area contributed by atoms with Crippen LogP contribution >= 0.6 is 0 Å². The van der Waals surface area contributed by atoms with E-state index in [1.165, 1.54) is 13.8 Å². The summed E-state index contributed by atoms with van der Waals surface area (Å²) in [5, 5.41) is 2.65. The first-order valence-electron chi connectivity index (χ1n) is 6.52. The van der Waals surface area contributed by atoms with Gasteiger partial charge in [0.1, 0.15) is 12.4 Å². The molecular weight excluding hydrogens is 274 g/mol. The van der Waals surface area contributed by atoms with Gasteiger partial charge in [-0.25, -0.2) is 0 Å². The lowest BCUT2D eigenvalue weighted by Gasteiger charge is -2.12. The topological polar surface area (TPSA) is 81.7 Å². The van der Waals surface area contributed by atoms with Gasteiger partial charge in [-0.15, -0.1) is 0 Å². The fraction of sp³-hybridized carbons (Fsp3) is 0.400. The van der Waals surface area contributed by atoms with Gasteiger partial charge < -0.3 is 14.8 Å². The number of rotatable bonds is 5. The highest BCUT2D eigenvalue weighted by molar-refractivity contribution is 5.95. The molecule has 0 aliphatic carbocycles. The van der Waals surface area contributed by atoms with Crippen LogP contribution in [0.3, 0.4) is 0 Å². The Morgan fingerprint density at radius 1 is 1.05 bits per heavy atom. The average molecular weight is 293 g/mol. The summed E-state index contributed by atoms with van der Waals surface area (Å²) in [6, 6.07) is 3.29. The summed E-state index contributed by atoms with van der Waals surface area (Å²) in [6.45, 7) is 6.53. The maximum Gasteiger partial charge on any atom is 0.308 e. The zero-order valence-electron chi connectivity index (χ0n) is 12.6. The summed E-state index contributed by atoms with van der Waals surface area (Å²) in [7, 11) is 0. The van der Waals surface area contributed by atoms with E-state index in [1.54, 1.807) is 26.0 Å². The second kappa shape index (κ2) is 7.42. The summed E-state index contributed by atoms with van der Waals surface area (Å²) in [5.74, 6) is -0.594. The maximum absolute atomic E-state index is 12.0. The van der Waals surface area contributed by atoms with E-state index >= 15 is 0 Å². The summed E-state index contributed by atoms with van der Waals surface area (Å²) < 4.78 is 9.83. The highest BCUT2D eigenvalue weighted by Crippen LogP contribution is 2.24. The van der Waals surface area contributed by atoms with Gasteiger partial charge in [-0.3, -0.25) is 14.4 Å². The number of benzene rings is 1. The van der Waals surface area contributed by atoms with E-state index in [9.17, 15) is 14.4 Å². The number of ether oxygens (including phenoxy) is 2. The molecule has 6 heteroatoms. The Morgan fingerprint density at radius 2 is 1.62 bits per heavy atom. The number of esters is 2. The minimum atomic E-state index is -0.403. The van der Waals surface area contributed by atoms with Gasteiger partial charge in [-0.1, -0.05) is 0 Å². The van der Waals surface area contributed by atoms with Crippen LogP contribution < -0.4 is 10.1 Å². The highest BCUT2D eigenvalue weighted by atomic mass is 16.5. The number of hydrogen-bond acceptors (Lipinski definition) is 5. The Kier molecular flexibility index (Phi) is 5.90. The van der Waals surface area contributed by atoms with Gasteiger partial charge in [-0.2, -0.15) is 0 Å². The van der Waals surface area contributed by atoms with E-state index in [2.05, 4.69) is 5.32 Å². The summed E-state index contributed by atoms with van der Waals surface area (Å²) in [5.41, 5.74) is 1.87. The van der Waals surface area contributed by atoms with E-state index in [4.69, 9.17) is 9.47 Å². The molecule has 0 radical (unpaired) electrons. The molecule has 0 fully saturated rings. The Morgan fingerprint density at radius 3 is 2.10 bits per heavy atom. The smallest absolute Gasteiger partial charge is 0.308 e. The predicted molar refractivity (Wildman–Crippen MR) is 76.2 cm³/mol. The third-order valence-corrected chi connectivity index (χ3v) is 2.66. The Balaban J connectivity index is 2.73. The Hall–Kier alpha value is -2.37. The zero-order chi connectivity index (χ0) is 16.0. The van der Waals surface area contributed by atoms with Gasteiger partial charge >= 0.3 is 11.9 Å². The van der Waals surface area contributed by atoms with Crippen LogP contribution in [-0.4, -0.2) is 31.0 Å². The fourth-order valence-corrected chi connectivity index (χ4v) is 1.85. The van der Waals surface area contributed by atoms with Gasteiger partial charge in [0, 0.05) is 19.4 Å². The molecule has 114 valence electrons. The van der Waals surface area contributed by atoms with Crippen molar-refractivity contribution in [3.8, 4) is 5.75 Å². The van der Waals surface area contributed by atoms with Crippen molar-refractivity contribution in [2.75, 3.05) is 13.2 Å².